The van der Waals surface area contributed by atoms with E-state index in [4.69, 9.17) is 4.98 Å². The number of fused-ring (bicyclic) bond motifs is 2. The van der Waals surface area contributed by atoms with Crippen molar-refractivity contribution >= 4 is 39.5 Å². The van der Waals surface area contributed by atoms with Crippen LogP contribution in [0.3, 0.4) is 0 Å². The summed E-state index contributed by atoms with van der Waals surface area (Å²) in [6.45, 7) is 5.08. The molecule has 2 aromatic heterocycles. The summed E-state index contributed by atoms with van der Waals surface area (Å²) >= 11 is 0. The molecule has 9 nitrogen and oxygen atoms in total. The maximum Gasteiger partial charge on any atom is 0.323 e. The number of aromatic nitrogens is 3. The van der Waals surface area contributed by atoms with E-state index in [1.54, 1.807) is 22.9 Å². The fraction of sp³-hybridized carbons (Fsp3) is 0.233. The summed E-state index contributed by atoms with van der Waals surface area (Å²) in [5.41, 5.74) is 5.59. The predicted octanol–water partition coefficient (Wildman–Crippen LogP) is 4.27. The van der Waals surface area contributed by atoms with E-state index in [1.807, 2.05) is 42.5 Å². The van der Waals surface area contributed by atoms with Crippen molar-refractivity contribution in [3.8, 4) is 11.4 Å². The van der Waals surface area contributed by atoms with Crippen molar-refractivity contribution in [3.05, 3.63) is 84.1 Å². The second-order valence-electron chi connectivity index (χ2n) is 10.1. The normalized spacial score (nSPS) is 14.7. The van der Waals surface area contributed by atoms with Crippen molar-refractivity contribution in [2.45, 2.75) is 13.1 Å². The number of carboxylic acids is 1. The summed E-state index contributed by atoms with van der Waals surface area (Å²) in [5.74, 6) is -0.482. The van der Waals surface area contributed by atoms with Crippen molar-refractivity contribution in [1.82, 2.24) is 24.3 Å². The molecule has 0 spiro atoms. The van der Waals surface area contributed by atoms with Gasteiger partial charge in [-0.15, -0.1) is 0 Å². The molecule has 0 atom stereocenters. The maximum atomic E-state index is 13.0. The highest BCUT2D eigenvalue weighted by Crippen LogP contribution is 2.30. The van der Waals surface area contributed by atoms with Gasteiger partial charge in [-0.25, -0.2) is 4.98 Å². The molecule has 1 aliphatic heterocycles. The van der Waals surface area contributed by atoms with Crippen molar-refractivity contribution in [2.75, 3.05) is 38.5 Å². The Morgan fingerprint density at radius 2 is 1.77 bits per heavy atom. The monoisotopic (exact) mass is 522 g/mol. The highest BCUT2D eigenvalue weighted by molar-refractivity contribution is 6.06. The average Bonchev–Trinajstić information content (AvgIpc) is 3.52. The van der Waals surface area contributed by atoms with Crippen molar-refractivity contribution in [3.63, 3.8) is 0 Å². The van der Waals surface area contributed by atoms with E-state index in [1.165, 1.54) is 5.56 Å². The van der Waals surface area contributed by atoms with Gasteiger partial charge in [0, 0.05) is 66.6 Å². The lowest BCUT2D eigenvalue weighted by Gasteiger charge is -2.32. The van der Waals surface area contributed by atoms with Crippen LogP contribution in [0.5, 0.6) is 0 Å². The summed E-state index contributed by atoms with van der Waals surface area (Å²) < 4.78 is 1.70. The SMILES string of the molecule is CN1CCN(Cc2ccc(NC(=O)c3ccc4nc(-c5cn(CC(=O)O)c6ccccc56)[nH]c4c3)cc2)CC1. The summed E-state index contributed by atoms with van der Waals surface area (Å²) in [6.07, 6.45) is 1.80. The first-order valence-corrected chi connectivity index (χ1v) is 13.0. The topological polar surface area (TPSA) is 106 Å². The van der Waals surface area contributed by atoms with Crippen LogP contribution in [0.1, 0.15) is 15.9 Å². The molecule has 198 valence electrons. The summed E-state index contributed by atoms with van der Waals surface area (Å²) in [5, 5.41) is 13.2. The Kier molecular flexibility index (Phi) is 6.60. The molecule has 39 heavy (non-hydrogen) atoms. The molecule has 5 aromatic rings. The van der Waals surface area contributed by atoms with Crippen LogP contribution < -0.4 is 5.32 Å². The molecular formula is C30H30N6O3. The van der Waals surface area contributed by atoms with Gasteiger partial charge in [-0.1, -0.05) is 30.3 Å². The molecule has 3 aromatic carbocycles. The van der Waals surface area contributed by atoms with Crippen LogP contribution in [0.2, 0.25) is 0 Å². The number of hydrogen-bond acceptors (Lipinski definition) is 5. The van der Waals surface area contributed by atoms with Crippen LogP contribution in [0.25, 0.3) is 33.3 Å². The number of nitrogens with zero attached hydrogens (tertiary/aromatic N) is 4. The number of aliphatic carboxylic acids is 1. The first kappa shape index (κ1) is 24.8. The zero-order valence-electron chi connectivity index (χ0n) is 21.7. The number of likely N-dealkylation sites (N-methyl/N-ethyl adjacent to an activating group) is 1. The number of benzene rings is 3. The number of nitrogens with one attached hydrogen (secondary N) is 2. The van der Waals surface area contributed by atoms with E-state index >= 15 is 0 Å². The number of aromatic amines is 1. The van der Waals surface area contributed by atoms with Gasteiger partial charge in [0.25, 0.3) is 5.91 Å². The molecule has 3 heterocycles. The van der Waals surface area contributed by atoms with Crippen molar-refractivity contribution < 1.29 is 14.7 Å². The predicted molar refractivity (Wildman–Crippen MR) is 152 cm³/mol. The van der Waals surface area contributed by atoms with Gasteiger partial charge in [-0.2, -0.15) is 0 Å². The van der Waals surface area contributed by atoms with Crippen LogP contribution in [-0.2, 0) is 17.9 Å². The molecule has 0 bridgehead atoms. The largest absolute Gasteiger partial charge is 0.480 e. The zero-order chi connectivity index (χ0) is 26.9. The Morgan fingerprint density at radius 1 is 1.00 bits per heavy atom. The molecule has 9 heteroatoms. The van der Waals surface area contributed by atoms with Crippen LogP contribution in [0, 0.1) is 0 Å². The van der Waals surface area contributed by atoms with Gasteiger partial charge >= 0.3 is 5.97 Å². The van der Waals surface area contributed by atoms with Crippen LogP contribution in [-0.4, -0.2) is 74.5 Å². The average molecular weight is 523 g/mol. The first-order valence-electron chi connectivity index (χ1n) is 13.0. The number of imidazole rings is 1. The van der Waals surface area contributed by atoms with Gasteiger partial charge in [0.1, 0.15) is 12.4 Å². The number of rotatable bonds is 7. The highest BCUT2D eigenvalue weighted by Gasteiger charge is 2.17. The number of hydrogen-bond donors (Lipinski definition) is 3. The number of anilines is 1. The molecule has 1 fully saturated rings. The lowest BCUT2D eigenvalue weighted by molar-refractivity contribution is -0.137. The second kappa shape index (κ2) is 10.4. The van der Waals surface area contributed by atoms with Crippen molar-refractivity contribution in [1.29, 1.82) is 0 Å². The lowest BCUT2D eigenvalue weighted by Crippen LogP contribution is -2.43. The van der Waals surface area contributed by atoms with Gasteiger partial charge in [-0.05, 0) is 49.0 Å². The smallest absolute Gasteiger partial charge is 0.323 e. The van der Waals surface area contributed by atoms with Gasteiger partial charge in [0.05, 0.1) is 11.0 Å². The molecule has 1 aliphatic rings. The summed E-state index contributed by atoms with van der Waals surface area (Å²) in [7, 11) is 2.15. The molecule has 0 saturated carbocycles. The Morgan fingerprint density at radius 3 is 2.54 bits per heavy atom. The van der Waals surface area contributed by atoms with E-state index in [-0.39, 0.29) is 12.5 Å². The zero-order valence-corrected chi connectivity index (χ0v) is 21.7. The third-order valence-electron chi connectivity index (χ3n) is 7.31. The first-order chi connectivity index (χ1) is 18.9. The van der Waals surface area contributed by atoms with Crippen LogP contribution in [0.4, 0.5) is 5.69 Å². The molecular weight excluding hydrogens is 492 g/mol. The van der Waals surface area contributed by atoms with E-state index in [9.17, 15) is 14.7 Å². The number of piperazine rings is 1. The molecule has 0 unspecified atom stereocenters. The third kappa shape index (κ3) is 5.27. The number of carboxylic acid groups (broad SMARTS) is 1. The van der Waals surface area contributed by atoms with E-state index < -0.39 is 5.97 Å². The van der Waals surface area contributed by atoms with Crippen molar-refractivity contribution in [2.24, 2.45) is 0 Å². The van der Waals surface area contributed by atoms with E-state index in [0.717, 1.165) is 65.9 Å². The van der Waals surface area contributed by atoms with Gasteiger partial charge in [0.15, 0.2) is 0 Å². The fourth-order valence-electron chi connectivity index (χ4n) is 5.15. The molecule has 1 saturated heterocycles. The minimum atomic E-state index is -0.910. The standard InChI is InChI=1S/C30H30N6O3/c1-34-12-14-35(15-13-34)17-20-6-9-22(10-7-20)31-30(39)21-8-11-25-26(16-21)33-29(32-25)24-18-36(19-28(37)38)27-5-3-2-4-23(24)27/h2-11,16,18H,12-15,17,19H2,1H3,(H,31,39)(H,32,33)(H,37,38). The minimum Gasteiger partial charge on any atom is -0.480 e. The Balaban J connectivity index is 1.18. The maximum absolute atomic E-state index is 13.0. The van der Waals surface area contributed by atoms with Gasteiger partial charge in [-0.3, -0.25) is 14.5 Å². The number of carbonyl (C=O) groups is 2. The molecule has 0 aliphatic carbocycles. The van der Waals surface area contributed by atoms with Crippen LogP contribution >= 0.6 is 0 Å². The Bertz CT molecular complexity index is 1660. The Hall–Kier alpha value is -4.47. The third-order valence-corrected chi connectivity index (χ3v) is 7.31. The quantitative estimate of drug-likeness (QED) is 0.295. The van der Waals surface area contributed by atoms with Gasteiger partial charge < -0.3 is 24.9 Å². The number of carbonyl (C=O) groups excluding carboxylic acids is 1. The molecule has 0 radical (unpaired) electrons. The fourth-order valence-corrected chi connectivity index (χ4v) is 5.15. The number of para-hydroxylation sites is 1. The summed E-state index contributed by atoms with van der Waals surface area (Å²) in [4.78, 5) is 37.2. The second-order valence-corrected chi connectivity index (χ2v) is 10.1. The van der Waals surface area contributed by atoms with E-state index in [0.29, 0.717) is 11.4 Å². The number of H-pyrrole nitrogens is 1. The highest BCUT2D eigenvalue weighted by atomic mass is 16.4. The Labute approximate surface area is 225 Å². The van der Waals surface area contributed by atoms with Gasteiger partial charge in [0.2, 0.25) is 0 Å². The lowest BCUT2D eigenvalue weighted by atomic mass is 10.1. The number of amides is 1. The molecule has 1 amide bonds. The minimum absolute atomic E-state index is 0.137. The van der Waals surface area contributed by atoms with E-state index in [2.05, 4.69) is 39.3 Å². The molecule has 3 N–H and O–H groups in total. The molecule has 6 rings (SSSR count). The summed E-state index contributed by atoms with van der Waals surface area (Å²) in [6, 6.07) is 21.1. The van der Waals surface area contributed by atoms with Crippen LogP contribution in [0.15, 0.2) is 72.9 Å².